The summed E-state index contributed by atoms with van der Waals surface area (Å²) in [7, 11) is 0. The number of carbonyl (C=O) groups is 1. The number of halogens is 2. The fraction of sp³-hybridized carbons (Fsp3) is 0.400. The minimum Gasteiger partial charge on any atom is -0.488 e. The Bertz CT molecular complexity index is 848. The number of nitriles is 1. The van der Waals surface area contributed by atoms with Gasteiger partial charge in [0.25, 0.3) is 0 Å². The van der Waals surface area contributed by atoms with E-state index in [9.17, 15) is 18.8 Å². The number of benzene rings is 1. The number of nitrogens with two attached hydrogens (primary N) is 1. The van der Waals surface area contributed by atoms with Crippen LogP contribution < -0.4 is 10.5 Å². The van der Waals surface area contributed by atoms with Crippen LogP contribution in [0.15, 0.2) is 34.9 Å². The number of nitrogens with zero attached hydrogens (tertiary/aromatic N) is 1. The molecule has 0 saturated carbocycles. The van der Waals surface area contributed by atoms with E-state index in [0.29, 0.717) is 6.42 Å². The Hall–Kier alpha value is -3.08. The Kier molecular flexibility index (Phi) is 6.99. The standard InChI is InChI=1S/C20H22F2N2O4/c1-4-6-7-27-18-14(21)8-12(9-15(18)22)17-13(10-23)19(24)28-11(3)16(17)20(25)26-5-2/h8-9,17H,4-7,24H2,1-3H3. The third-order valence-corrected chi connectivity index (χ3v) is 4.20. The highest BCUT2D eigenvalue weighted by Gasteiger charge is 2.37. The molecule has 0 bridgehead atoms. The molecule has 1 heterocycles. The van der Waals surface area contributed by atoms with Gasteiger partial charge in [-0.1, -0.05) is 13.3 Å². The number of ether oxygens (including phenoxy) is 3. The summed E-state index contributed by atoms with van der Waals surface area (Å²) >= 11 is 0. The molecule has 1 aliphatic heterocycles. The first-order valence-electron chi connectivity index (χ1n) is 8.92. The molecule has 0 aliphatic carbocycles. The quantitative estimate of drug-likeness (QED) is 0.560. The second-order valence-electron chi connectivity index (χ2n) is 6.13. The number of esters is 1. The number of rotatable bonds is 7. The van der Waals surface area contributed by atoms with Crippen molar-refractivity contribution in [2.45, 2.75) is 39.5 Å². The number of allylic oxidation sites excluding steroid dienone is 2. The predicted molar refractivity (Wildman–Crippen MR) is 96.7 cm³/mol. The van der Waals surface area contributed by atoms with Gasteiger partial charge in [-0.3, -0.25) is 0 Å². The van der Waals surface area contributed by atoms with Crippen LogP contribution in [0.4, 0.5) is 8.78 Å². The molecule has 1 atom stereocenters. The maximum atomic E-state index is 14.5. The largest absolute Gasteiger partial charge is 0.488 e. The average molecular weight is 392 g/mol. The molecule has 0 spiro atoms. The van der Waals surface area contributed by atoms with Gasteiger partial charge in [0.15, 0.2) is 17.4 Å². The van der Waals surface area contributed by atoms with Crippen molar-refractivity contribution >= 4 is 5.97 Å². The number of carbonyl (C=O) groups excluding carboxylic acids is 1. The molecular weight excluding hydrogens is 370 g/mol. The summed E-state index contributed by atoms with van der Waals surface area (Å²) in [4.78, 5) is 12.4. The fourth-order valence-electron chi connectivity index (χ4n) is 2.89. The molecule has 0 radical (unpaired) electrons. The van der Waals surface area contributed by atoms with Crippen molar-refractivity contribution in [3.05, 3.63) is 52.1 Å². The average Bonchev–Trinajstić information content (AvgIpc) is 2.63. The minimum absolute atomic E-state index is 0.0306. The summed E-state index contributed by atoms with van der Waals surface area (Å²) in [6, 6.07) is 3.91. The van der Waals surface area contributed by atoms with Crippen LogP contribution in [0.3, 0.4) is 0 Å². The molecule has 2 rings (SSSR count). The molecule has 0 aromatic heterocycles. The van der Waals surface area contributed by atoms with Gasteiger partial charge in [0.05, 0.1) is 24.7 Å². The molecule has 1 aliphatic rings. The lowest BCUT2D eigenvalue weighted by molar-refractivity contribution is -0.139. The third-order valence-electron chi connectivity index (χ3n) is 4.20. The zero-order chi connectivity index (χ0) is 20.8. The van der Waals surface area contributed by atoms with Crippen molar-refractivity contribution in [1.82, 2.24) is 0 Å². The van der Waals surface area contributed by atoms with Crippen LogP contribution in [-0.4, -0.2) is 19.2 Å². The molecule has 0 saturated heterocycles. The zero-order valence-corrected chi connectivity index (χ0v) is 16.0. The predicted octanol–water partition coefficient (Wildman–Crippen LogP) is 3.79. The molecule has 6 nitrogen and oxygen atoms in total. The van der Waals surface area contributed by atoms with E-state index in [0.717, 1.165) is 18.6 Å². The molecule has 0 amide bonds. The van der Waals surface area contributed by atoms with E-state index in [4.69, 9.17) is 19.9 Å². The number of hydrogen-bond acceptors (Lipinski definition) is 6. The lowest BCUT2D eigenvalue weighted by Crippen LogP contribution is -2.25. The van der Waals surface area contributed by atoms with Crippen molar-refractivity contribution in [1.29, 1.82) is 5.26 Å². The third kappa shape index (κ3) is 4.25. The molecular formula is C20H22F2N2O4. The van der Waals surface area contributed by atoms with E-state index in [2.05, 4.69) is 0 Å². The lowest BCUT2D eigenvalue weighted by Gasteiger charge is -2.27. The summed E-state index contributed by atoms with van der Waals surface area (Å²) in [5, 5.41) is 9.49. The van der Waals surface area contributed by atoms with Gasteiger partial charge in [-0.15, -0.1) is 0 Å². The van der Waals surface area contributed by atoms with Crippen LogP contribution >= 0.6 is 0 Å². The molecule has 1 unspecified atom stereocenters. The second-order valence-corrected chi connectivity index (χ2v) is 6.13. The second kappa shape index (κ2) is 9.22. The summed E-state index contributed by atoms with van der Waals surface area (Å²) in [6.45, 7) is 5.26. The highest BCUT2D eigenvalue weighted by Crippen LogP contribution is 2.41. The maximum absolute atomic E-state index is 14.5. The molecule has 8 heteroatoms. The maximum Gasteiger partial charge on any atom is 0.338 e. The summed E-state index contributed by atoms with van der Waals surface area (Å²) in [6.07, 6.45) is 1.46. The molecule has 28 heavy (non-hydrogen) atoms. The Balaban J connectivity index is 2.55. The van der Waals surface area contributed by atoms with Gasteiger partial charge in [-0.05, 0) is 38.0 Å². The van der Waals surface area contributed by atoms with E-state index in [1.165, 1.54) is 6.92 Å². The molecule has 1 aromatic rings. The molecule has 1 aromatic carbocycles. The van der Waals surface area contributed by atoms with Crippen molar-refractivity contribution in [2.75, 3.05) is 13.2 Å². The summed E-state index contributed by atoms with van der Waals surface area (Å²) in [5.74, 6) is -4.38. The van der Waals surface area contributed by atoms with Crippen LogP contribution in [0.2, 0.25) is 0 Å². The van der Waals surface area contributed by atoms with Gasteiger partial charge >= 0.3 is 5.97 Å². The molecule has 2 N–H and O–H groups in total. The van der Waals surface area contributed by atoms with Crippen molar-refractivity contribution in [3.8, 4) is 11.8 Å². The highest BCUT2D eigenvalue weighted by atomic mass is 19.1. The number of unbranched alkanes of at least 4 members (excludes halogenated alkanes) is 1. The molecule has 150 valence electrons. The monoisotopic (exact) mass is 392 g/mol. The van der Waals surface area contributed by atoms with Gasteiger partial charge in [-0.2, -0.15) is 5.26 Å². The minimum atomic E-state index is -1.12. The first kappa shape index (κ1) is 21.2. The Labute approximate surface area is 162 Å². The van der Waals surface area contributed by atoms with E-state index in [1.807, 2.05) is 13.0 Å². The normalized spacial score (nSPS) is 16.5. The summed E-state index contributed by atoms with van der Waals surface area (Å²) < 4.78 is 44.5. The fourth-order valence-corrected chi connectivity index (χ4v) is 2.89. The molecule has 0 fully saturated rings. The van der Waals surface area contributed by atoms with Gasteiger partial charge in [0.1, 0.15) is 17.4 Å². The Morgan fingerprint density at radius 1 is 1.32 bits per heavy atom. The highest BCUT2D eigenvalue weighted by molar-refractivity contribution is 5.92. The van der Waals surface area contributed by atoms with Crippen molar-refractivity contribution in [2.24, 2.45) is 5.73 Å². The lowest BCUT2D eigenvalue weighted by atomic mass is 9.83. The summed E-state index contributed by atoms with van der Waals surface area (Å²) in [5.41, 5.74) is 5.63. The first-order chi connectivity index (χ1) is 13.3. The van der Waals surface area contributed by atoms with Gasteiger partial charge in [-0.25, -0.2) is 13.6 Å². The van der Waals surface area contributed by atoms with Crippen molar-refractivity contribution < 1.29 is 27.8 Å². The van der Waals surface area contributed by atoms with Gasteiger partial charge in [0, 0.05) is 0 Å². The van der Waals surface area contributed by atoms with E-state index in [1.54, 1.807) is 6.92 Å². The van der Waals surface area contributed by atoms with Crippen LogP contribution in [-0.2, 0) is 14.3 Å². The SMILES string of the molecule is CCCCOc1c(F)cc(C2C(C#N)=C(N)OC(C)=C2C(=O)OCC)cc1F. The van der Waals surface area contributed by atoms with Crippen LogP contribution in [0, 0.1) is 23.0 Å². The Morgan fingerprint density at radius 3 is 2.50 bits per heavy atom. The zero-order valence-electron chi connectivity index (χ0n) is 16.0. The smallest absolute Gasteiger partial charge is 0.338 e. The Morgan fingerprint density at radius 2 is 1.96 bits per heavy atom. The van der Waals surface area contributed by atoms with Crippen LogP contribution in [0.1, 0.15) is 45.1 Å². The van der Waals surface area contributed by atoms with Gasteiger partial charge in [0.2, 0.25) is 5.88 Å². The van der Waals surface area contributed by atoms with Gasteiger partial charge < -0.3 is 19.9 Å². The van der Waals surface area contributed by atoms with E-state index >= 15 is 0 Å². The van der Waals surface area contributed by atoms with Crippen LogP contribution in [0.5, 0.6) is 5.75 Å². The van der Waals surface area contributed by atoms with E-state index in [-0.39, 0.29) is 41.6 Å². The number of hydrogen-bond donors (Lipinski definition) is 1. The van der Waals surface area contributed by atoms with E-state index < -0.39 is 29.3 Å². The topological polar surface area (TPSA) is 94.6 Å². The first-order valence-corrected chi connectivity index (χ1v) is 8.92. The van der Waals surface area contributed by atoms with Crippen LogP contribution in [0.25, 0.3) is 0 Å². The van der Waals surface area contributed by atoms with Crippen molar-refractivity contribution in [3.63, 3.8) is 0 Å².